The molecule has 0 saturated carbocycles. The van der Waals surface area contributed by atoms with Gasteiger partial charge < -0.3 is 0 Å². The van der Waals surface area contributed by atoms with Crippen molar-refractivity contribution in [3.05, 3.63) is 46.6 Å². The van der Waals surface area contributed by atoms with E-state index in [1.165, 1.54) is 23.9 Å². The van der Waals surface area contributed by atoms with Crippen molar-refractivity contribution in [2.45, 2.75) is 29.7 Å². The molecule has 0 aliphatic heterocycles. The van der Waals surface area contributed by atoms with Gasteiger partial charge in [-0.05, 0) is 40.2 Å². The van der Waals surface area contributed by atoms with Crippen molar-refractivity contribution in [2.24, 2.45) is 0 Å². The van der Waals surface area contributed by atoms with Crippen LogP contribution in [-0.2, 0) is 0 Å². The second kappa shape index (κ2) is 5.80. The summed E-state index contributed by atoms with van der Waals surface area (Å²) >= 11 is 4.88. The predicted molar refractivity (Wildman–Crippen MR) is 74.3 cm³/mol. The molecule has 0 spiro atoms. The molecule has 0 unspecified atom stereocenters. The molecule has 2 aromatic rings. The Labute approximate surface area is 118 Å². The molecule has 18 heavy (non-hydrogen) atoms. The fourth-order valence-corrected chi connectivity index (χ4v) is 2.72. The molecule has 1 heterocycles. The molecule has 94 valence electrons. The summed E-state index contributed by atoms with van der Waals surface area (Å²) in [6.45, 7) is 4.10. The van der Waals surface area contributed by atoms with Crippen LogP contribution in [0.15, 0.2) is 44.9 Å². The van der Waals surface area contributed by atoms with E-state index in [0.29, 0.717) is 0 Å². The van der Waals surface area contributed by atoms with Crippen LogP contribution >= 0.6 is 27.7 Å². The molecule has 0 fully saturated rings. The summed E-state index contributed by atoms with van der Waals surface area (Å²) < 4.78 is 13.6. The molecule has 1 aromatic heterocycles. The molecule has 0 aliphatic rings. The third kappa shape index (κ3) is 3.53. The van der Waals surface area contributed by atoms with Gasteiger partial charge in [0.05, 0.1) is 0 Å². The van der Waals surface area contributed by atoms with Crippen LogP contribution in [0.5, 0.6) is 0 Å². The van der Waals surface area contributed by atoms with Gasteiger partial charge >= 0.3 is 0 Å². The van der Waals surface area contributed by atoms with Crippen molar-refractivity contribution in [1.82, 2.24) is 9.97 Å². The van der Waals surface area contributed by atoms with Gasteiger partial charge in [0, 0.05) is 16.9 Å². The summed E-state index contributed by atoms with van der Waals surface area (Å²) in [5.74, 6) is 0.843. The first-order chi connectivity index (χ1) is 8.54. The number of hydrogen-bond acceptors (Lipinski definition) is 3. The average molecular weight is 327 g/mol. The van der Waals surface area contributed by atoms with Crippen molar-refractivity contribution in [2.75, 3.05) is 0 Å². The van der Waals surface area contributed by atoms with Crippen molar-refractivity contribution in [3.63, 3.8) is 0 Å². The molecule has 0 bridgehead atoms. The number of rotatable bonds is 3. The number of aromatic nitrogens is 2. The van der Waals surface area contributed by atoms with E-state index < -0.39 is 0 Å². The standard InChI is InChI=1S/C13H12BrFN2S/c1-8(2)13-16-11(14)7-12(17-13)18-10-5-3-9(15)4-6-10/h3-8H,1-2H3. The van der Waals surface area contributed by atoms with Gasteiger partial charge in [0.1, 0.15) is 21.3 Å². The summed E-state index contributed by atoms with van der Waals surface area (Å²) in [6, 6.07) is 8.24. The Hall–Kier alpha value is -0.940. The highest BCUT2D eigenvalue weighted by atomic mass is 79.9. The van der Waals surface area contributed by atoms with Gasteiger partial charge in [0.25, 0.3) is 0 Å². The van der Waals surface area contributed by atoms with Crippen molar-refractivity contribution in [1.29, 1.82) is 0 Å². The lowest BCUT2D eigenvalue weighted by Crippen LogP contribution is -1.98. The van der Waals surface area contributed by atoms with Gasteiger partial charge in [-0.2, -0.15) is 0 Å². The Balaban J connectivity index is 2.26. The lowest BCUT2D eigenvalue weighted by molar-refractivity contribution is 0.626. The van der Waals surface area contributed by atoms with Gasteiger partial charge in [0.15, 0.2) is 0 Å². The number of halogens is 2. The Morgan fingerprint density at radius 2 is 1.83 bits per heavy atom. The van der Waals surface area contributed by atoms with E-state index in [-0.39, 0.29) is 11.7 Å². The maximum atomic E-state index is 12.8. The third-order valence-corrected chi connectivity index (χ3v) is 3.57. The molecule has 5 heteroatoms. The zero-order valence-corrected chi connectivity index (χ0v) is 12.4. The first-order valence-electron chi connectivity index (χ1n) is 5.52. The van der Waals surface area contributed by atoms with E-state index in [1.54, 1.807) is 12.1 Å². The fraction of sp³-hybridized carbons (Fsp3) is 0.231. The van der Waals surface area contributed by atoms with E-state index in [4.69, 9.17) is 0 Å². The molecule has 0 atom stereocenters. The highest BCUT2D eigenvalue weighted by Gasteiger charge is 2.08. The minimum absolute atomic E-state index is 0.230. The van der Waals surface area contributed by atoms with E-state index >= 15 is 0 Å². The van der Waals surface area contributed by atoms with Crippen LogP contribution in [0, 0.1) is 5.82 Å². The van der Waals surface area contributed by atoms with Crippen LogP contribution < -0.4 is 0 Å². The van der Waals surface area contributed by atoms with E-state index in [0.717, 1.165) is 20.3 Å². The van der Waals surface area contributed by atoms with Gasteiger partial charge in [-0.15, -0.1) is 0 Å². The molecule has 2 nitrogen and oxygen atoms in total. The number of benzene rings is 1. The highest BCUT2D eigenvalue weighted by molar-refractivity contribution is 9.10. The van der Waals surface area contributed by atoms with Crippen LogP contribution in [0.3, 0.4) is 0 Å². The third-order valence-electron chi connectivity index (χ3n) is 2.24. The molecular formula is C13H12BrFN2S. The summed E-state index contributed by atoms with van der Waals surface area (Å²) in [5.41, 5.74) is 0. The van der Waals surface area contributed by atoms with Crippen LogP contribution in [0.25, 0.3) is 0 Å². The first-order valence-corrected chi connectivity index (χ1v) is 7.13. The molecule has 0 amide bonds. The number of hydrogen-bond donors (Lipinski definition) is 0. The topological polar surface area (TPSA) is 25.8 Å². The second-order valence-corrected chi connectivity index (χ2v) is 6.00. The molecule has 0 radical (unpaired) electrons. The Bertz CT molecular complexity index is 543. The zero-order valence-electron chi connectivity index (χ0n) is 10.0. The largest absolute Gasteiger partial charge is 0.226 e. The van der Waals surface area contributed by atoms with Gasteiger partial charge in [0.2, 0.25) is 0 Å². The van der Waals surface area contributed by atoms with Gasteiger partial charge in [-0.25, -0.2) is 14.4 Å². The fourth-order valence-electron chi connectivity index (χ4n) is 1.35. The molecule has 2 rings (SSSR count). The maximum absolute atomic E-state index is 12.8. The summed E-state index contributed by atoms with van der Waals surface area (Å²) in [5, 5.41) is 0.854. The van der Waals surface area contributed by atoms with Crippen LogP contribution in [-0.4, -0.2) is 9.97 Å². The summed E-state index contributed by atoms with van der Waals surface area (Å²) in [4.78, 5) is 9.76. The van der Waals surface area contributed by atoms with Gasteiger partial charge in [-0.3, -0.25) is 0 Å². The Morgan fingerprint density at radius 1 is 1.17 bits per heavy atom. The average Bonchev–Trinajstić information content (AvgIpc) is 2.31. The van der Waals surface area contributed by atoms with E-state index in [9.17, 15) is 4.39 Å². The van der Waals surface area contributed by atoms with Crippen molar-refractivity contribution < 1.29 is 4.39 Å². The second-order valence-electron chi connectivity index (χ2n) is 4.10. The zero-order chi connectivity index (χ0) is 13.1. The van der Waals surface area contributed by atoms with Crippen molar-refractivity contribution >= 4 is 27.7 Å². The minimum atomic E-state index is -0.230. The molecule has 0 saturated heterocycles. The first kappa shape index (κ1) is 13.5. The van der Waals surface area contributed by atoms with Crippen LogP contribution in [0.4, 0.5) is 4.39 Å². The van der Waals surface area contributed by atoms with Crippen molar-refractivity contribution in [3.8, 4) is 0 Å². The van der Waals surface area contributed by atoms with Crippen LogP contribution in [0.1, 0.15) is 25.6 Å². The minimum Gasteiger partial charge on any atom is -0.226 e. The highest BCUT2D eigenvalue weighted by Crippen LogP contribution is 2.28. The quantitative estimate of drug-likeness (QED) is 0.767. The molecule has 1 aromatic carbocycles. The monoisotopic (exact) mass is 326 g/mol. The summed E-state index contributed by atoms with van der Waals surface area (Å²) in [7, 11) is 0. The lowest BCUT2D eigenvalue weighted by Gasteiger charge is -2.07. The Kier molecular flexibility index (Phi) is 4.35. The number of nitrogens with zero attached hydrogens (tertiary/aromatic N) is 2. The SMILES string of the molecule is CC(C)c1nc(Br)cc(Sc2ccc(F)cc2)n1. The predicted octanol–water partition coefficient (Wildman–Crippen LogP) is 4.65. The maximum Gasteiger partial charge on any atom is 0.133 e. The molecule has 0 aliphatic carbocycles. The van der Waals surface area contributed by atoms with Gasteiger partial charge in [-0.1, -0.05) is 25.6 Å². The molecule has 0 N–H and O–H groups in total. The normalized spacial score (nSPS) is 10.9. The smallest absolute Gasteiger partial charge is 0.133 e. The lowest BCUT2D eigenvalue weighted by atomic mass is 10.2. The summed E-state index contributed by atoms with van der Waals surface area (Å²) in [6.07, 6.45) is 0. The van der Waals surface area contributed by atoms with Crippen LogP contribution in [0.2, 0.25) is 0 Å². The molecular weight excluding hydrogens is 315 g/mol. The van der Waals surface area contributed by atoms with E-state index in [1.807, 2.05) is 19.9 Å². The van der Waals surface area contributed by atoms with E-state index in [2.05, 4.69) is 25.9 Å². The Morgan fingerprint density at radius 3 is 2.44 bits per heavy atom.